The molecule has 37 heavy (non-hydrogen) atoms. The van der Waals surface area contributed by atoms with Gasteiger partial charge in [-0.15, -0.1) is 0 Å². The van der Waals surface area contributed by atoms with Gasteiger partial charge in [-0.2, -0.15) is 0 Å². The van der Waals surface area contributed by atoms with Gasteiger partial charge in [-0.25, -0.2) is 15.2 Å². The van der Waals surface area contributed by atoms with Gasteiger partial charge in [0.15, 0.2) is 5.75 Å². The van der Waals surface area contributed by atoms with Crippen LogP contribution >= 0.6 is 0 Å². The van der Waals surface area contributed by atoms with Crippen LogP contribution in [0.5, 0.6) is 5.75 Å². The molecule has 9 heteroatoms. The Morgan fingerprint density at radius 2 is 1.68 bits per heavy atom. The molecule has 0 radical (unpaired) electrons. The molecule has 2 N–H and O–H groups in total. The number of nitrogens with zero attached hydrogens (tertiary/aromatic N) is 1. The number of benzene rings is 1. The van der Waals surface area contributed by atoms with Gasteiger partial charge in [0.05, 0.1) is 23.4 Å². The first-order valence-electron chi connectivity index (χ1n) is 12.1. The Kier molecular flexibility index (Phi) is 7.26. The van der Waals surface area contributed by atoms with E-state index in [1.165, 1.54) is 6.07 Å². The summed E-state index contributed by atoms with van der Waals surface area (Å²) in [6.07, 6.45) is 0.200. The van der Waals surface area contributed by atoms with Crippen LogP contribution in [0, 0.1) is 12.8 Å². The molecule has 0 bridgehead atoms. The first kappa shape index (κ1) is 25.8. The summed E-state index contributed by atoms with van der Waals surface area (Å²) in [5, 5.41) is 9.15. The highest BCUT2D eigenvalue weighted by molar-refractivity contribution is 6.35. The molecule has 4 rings (SSSR count). The highest BCUT2D eigenvalue weighted by Gasteiger charge is 2.42. The highest BCUT2D eigenvalue weighted by Crippen LogP contribution is 2.52. The maximum Gasteiger partial charge on any atom is 0.513 e. The number of anilines is 1. The molecule has 0 fully saturated rings. The molecule has 1 aliphatic heterocycles. The summed E-state index contributed by atoms with van der Waals surface area (Å²) >= 11 is 0. The fourth-order valence-electron chi connectivity index (χ4n) is 4.64. The van der Waals surface area contributed by atoms with E-state index in [0.29, 0.717) is 34.6 Å². The number of hydroxylamine groups is 1. The van der Waals surface area contributed by atoms with E-state index >= 15 is 0 Å². The van der Waals surface area contributed by atoms with E-state index in [1.54, 1.807) is 55.7 Å². The number of hydrogen-bond donors (Lipinski definition) is 2. The maximum absolute atomic E-state index is 13.5. The molecule has 0 saturated heterocycles. The van der Waals surface area contributed by atoms with E-state index in [-0.39, 0.29) is 34.7 Å². The smallest absolute Gasteiger partial charge is 0.434 e. The van der Waals surface area contributed by atoms with Gasteiger partial charge in [0.1, 0.15) is 0 Å². The third kappa shape index (κ3) is 4.65. The van der Waals surface area contributed by atoms with Crippen LogP contribution < -0.4 is 15.1 Å². The molecule has 1 aromatic rings. The molecular formula is C28H28N2O7. The lowest BCUT2D eigenvalue weighted by Crippen LogP contribution is -2.30. The number of imide groups is 1. The summed E-state index contributed by atoms with van der Waals surface area (Å²) in [6, 6.07) is 11.2. The van der Waals surface area contributed by atoms with Crippen LogP contribution in [0.2, 0.25) is 0 Å². The number of fused-ring (bicyclic) bond motifs is 2. The second-order valence-electron chi connectivity index (χ2n) is 9.21. The summed E-state index contributed by atoms with van der Waals surface area (Å²) in [5.74, 6) is -1.45. The van der Waals surface area contributed by atoms with Crippen LogP contribution in [0.1, 0.15) is 69.4 Å². The van der Waals surface area contributed by atoms with Crippen molar-refractivity contribution in [3.8, 4) is 16.9 Å². The maximum atomic E-state index is 13.5. The normalized spacial score (nSPS) is 12.8. The van der Waals surface area contributed by atoms with Crippen LogP contribution in [0.3, 0.4) is 0 Å². The van der Waals surface area contributed by atoms with Gasteiger partial charge in [0.25, 0.3) is 17.7 Å². The van der Waals surface area contributed by atoms with Gasteiger partial charge in [0.2, 0.25) is 0 Å². The van der Waals surface area contributed by atoms with Crippen molar-refractivity contribution in [3.63, 3.8) is 0 Å². The highest BCUT2D eigenvalue weighted by atomic mass is 16.7. The van der Waals surface area contributed by atoms with E-state index in [1.807, 2.05) is 0 Å². The van der Waals surface area contributed by atoms with Gasteiger partial charge in [-0.3, -0.25) is 19.6 Å². The lowest BCUT2D eigenvalue weighted by Gasteiger charge is -2.18. The molecule has 2 aliphatic carbocycles. The van der Waals surface area contributed by atoms with E-state index in [4.69, 9.17) is 14.7 Å². The molecular weight excluding hydrogens is 476 g/mol. The van der Waals surface area contributed by atoms with Crippen molar-refractivity contribution in [2.75, 3.05) is 11.5 Å². The average Bonchev–Trinajstić information content (AvgIpc) is 3.21. The van der Waals surface area contributed by atoms with Gasteiger partial charge < -0.3 is 9.47 Å². The van der Waals surface area contributed by atoms with Crippen LogP contribution in [-0.2, 0) is 11.2 Å². The number of hydrogen-bond acceptors (Lipinski definition) is 7. The van der Waals surface area contributed by atoms with Crippen molar-refractivity contribution in [2.24, 2.45) is 5.92 Å². The van der Waals surface area contributed by atoms with Crippen LogP contribution in [-0.4, -0.2) is 35.7 Å². The van der Waals surface area contributed by atoms with Crippen molar-refractivity contribution in [1.29, 1.82) is 0 Å². The Bertz CT molecular complexity index is 1340. The molecule has 192 valence electrons. The zero-order valence-corrected chi connectivity index (χ0v) is 21.1. The lowest BCUT2D eigenvalue weighted by atomic mass is 9.97. The Hall–Kier alpha value is -4.24. The molecule has 0 unspecified atom stereocenters. The number of ether oxygens (including phenoxy) is 2. The number of carbonyl (C=O) groups excluding carboxylic acids is 4. The minimum absolute atomic E-state index is 0.00336. The molecule has 0 atom stereocenters. The minimum atomic E-state index is -0.986. The van der Waals surface area contributed by atoms with Gasteiger partial charge in [-0.05, 0) is 79.6 Å². The summed E-state index contributed by atoms with van der Waals surface area (Å²) in [5.41, 5.74) is 4.86. The summed E-state index contributed by atoms with van der Waals surface area (Å²) in [6.45, 7) is 7.58. The Morgan fingerprint density at radius 1 is 1.03 bits per heavy atom. The van der Waals surface area contributed by atoms with Crippen molar-refractivity contribution in [2.45, 2.75) is 40.5 Å². The molecule has 0 spiro atoms. The van der Waals surface area contributed by atoms with E-state index in [9.17, 15) is 19.2 Å². The third-order valence-electron chi connectivity index (χ3n) is 6.31. The summed E-state index contributed by atoms with van der Waals surface area (Å²) in [4.78, 5) is 52.8. The molecule has 1 aromatic carbocycles. The molecule has 9 nitrogen and oxygen atoms in total. The van der Waals surface area contributed by atoms with Crippen molar-refractivity contribution in [3.05, 3.63) is 70.3 Å². The van der Waals surface area contributed by atoms with Crippen LogP contribution in [0.4, 0.5) is 10.5 Å². The number of amides is 3. The van der Waals surface area contributed by atoms with Gasteiger partial charge >= 0.3 is 6.16 Å². The quantitative estimate of drug-likeness (QED) is 0.198. The van der Waals surface area contributed by atoms with E-state index in [2.05, 4.69) is 13.8 Å². The Labute approximate surface area is 214 Å². The second-order valence-corrected chi connectivity index (χ2v) is 9.21. The predicted molar refractivity (Wildman–Crippen MR) is 135 cm³/mol. The average molecular weight is 505 g/mol. The molecule has 1 heterocycles. The number of aryl methyl sites for hydroxylation is 1. The Balaban J connectivity index is 2.04. The topological polar surface area (TPSA) is 122 Å². The van der Waals surface area contributed by atoms with Gasteiger partial charge in [-0.1, -0.05) is 26.0 Å². The summed E-state index contributed by atoms with van der Waals surface area (Å²) < 4.78 is 10.7. The van der Waals surface area contributed by atoms with Crippen molar-refractivity contribution in [1.82, 2.24) is 5.48 Å². The molecule has 0 aromatic heterocycles. The zero-order chi connectivity index (χ0) is 26.9. The largest absolute Gasteiger partial charge is 0.513 e. The molecule has 3 amide bonds. The van der Waals surface area contributed by atoms with Crippen LogP contribution in [0.25, 0.3) is 11.1 Å². The fraction of sp³-hybridized carbons (Fsp3) is 0.286. The van der Waals surface area contributed by atoms with Crippen molar-refractivity contribution < 1.29 is 33.9 Å². The zero-order valence-electron chi connectivity index (χ0n) is 21.1. The standard InChI is InChI=1S/C28H28N2O7/c1-5-36-28(34)37-24-21-13-11-17(25(31)29-35)14-16(4)22(21)20(12-10-15(2)3)23(24)30-26(32)18-8-6-7-9-19(18)27(30)33/h6-9,11,13-15,35H,5,10,12H2,1-4H3,(H,29,31). The predicted octanol–water partition coefficient (Wildman–Crippen LogP) is 5.14. The second kappa shape index (κ2) is 10.4. The molecule has 3 aliphatic rings. The number of nitrogens with one attached hydrogen (secondary N) is 1. The summed E-state index contributed by atoms with van der Waals surface area (Å²) in [7, 11) is 0. The van der Waals surface area contributed by atoms with E-state index in [0.717, 1.165) is 11.3 Å². The van der Waals surface area contributed by atoms with Gasteiger partial charge in [0, 0.05) is 11.1 Å². The van der Waals surface area contributed by atoms with E-state index < -0.39 is 23.9 Å². The fourth-order valence-corrected chi connectivity index (χ4v) is 4.64. The van der Waals surface area contributed by atoms with Crippen LogP contribution in [0.15, 0.2) is 42.5 Å². The monoisotopic (exact) mass is 504 g/mol. The van der Waals surface area contributed by atoms with Crippen molar-refractivity contribution >= 4 is 29.6 Å². The molecule has 0 saturated carbocycles. The third-order valence-corrected chi connectivity index (χ3v) is 6.31. The minimum Gasteiger partial charge on any atom is -0.434 e. The number of rotatable bonds is 7. The first-order valence-corrected chi connectivity index (χ1v) is 12.1. The SMILES string of the molecule is CCOC(=O)Oc1c2ccc(C(=O)NO)cc(C)c-2c(CCC(C)C)c1N1C(=O)c2ccccc2C1=O. The Morgan fingerprint density at radius 3 is 2.24 bits per heavy atom. The number of carbonyl (C=O) groups is 4. The first-order chi connectivity index (χ1) is 17.7. The lowest BCUT2D eigenvalue weighted by molar-refractivity contribution is 0.0706.